The van der Waals surface area contributed by atoms with E-state index in [1.54, 1.807) is 0 Å². The van der Waals surface area contributed by atoms with Crippen molar-refractivity contribution >= 4 is 21.6 Å². The zero-order valence-corrected chi connectivity index (χ0v) is 18.0. The molecule has 1 fully saturated rings. The Labute approximate surface area is 177 Å². The molecule has 1 heterocycles. The number of ether oxygens (including phenoxy) is 1. The summed E-state index contributed by atoms with van der Waals surface area (Å²) in [6, 6.07) is 14.1. The van der Waals surface area contributed by atoms with Gasteiger partial charge in [-0.05, 0) is 43.5 Å². The molecule has 0 bridgehead atoms. The van der Waals surface area contributed by atoms with Crippen molar-refractivity contribution in [3.05, 3.63) is 66.0 Å². The van der Waals surface area contributed by atoms with Crippen LogP contribution in [0.4, 0.5) is 10.1 Å². The molecule has 8 heteroatoms. The summed E-state index contributed by atoms with van der Waals surface area (Å²) in [5.74, 6) is -1.01. The van der Waals surface area contributed by atoms with Crippen molar-refractivity contribution < 1.29 is 22.3 Å². The van der Waals surface area contributed by atoms with Crippen LogP contribution in [0.2, 0.25) is 0 Å². The average molecular weight is 435 g/mol. The molecule has 6 nitrogen and oxygen atoms in total. The number of amides is 1. The van der Waals surface area contributed by atoms with E-state index < -0.39 is 27.8 Å². The number of carbonyl (C=O) groups excluding carboxylic acids is 1. The maximum Gasteiger partial charge on any atom is 0.243 e. The number of hydrogen-bond acceptors (Lipinski definition) is 4. The standard InChI is InChI=1S/C22H27FN2O4S/c1-17(25(30(2,27)28)20-10-6-9-19(23)15-20)21(26)24-16-22(11-13-29-14-12-22)18-7-4-3-5-8-18/h3-10,15,17H,11-14,16H2,1-2H3,(H,24,26)/t17-/m1/s1. The summed E-state index contributed by atoms with van der Waals surface area (Å²) in [5.41, 5.74) is 0.958. The molecule has 1 atom stereocenters. The number of nitrogens with zero attached hydrogens (tertiary/aromatic N) is 1. The summed E-state index contributed by atoms with van der Waals surface area (Å²) in [4.78, 5) is 13.0. The molecular formula is C22H27FN2O4S. The molecule has 2 aromatic rings. The highest BCUT2D eigenvalue weighted by molar-refractivity contribution is 7.92. The maximum atomic E-state index is 13.7. The molecule has 30 heavy (non-hydrogen) atoms. The van der Waals surface area contributed by atoms with Crippen LogP contribution in [0.15, 0.2) is 54.6 Å². The number of carbonyl (C=O) groups is 1. The first-order valence-electron chi connectivity index (χ1n) is 9.89. The first-order chi connectivity index (χ1) is 14.2. The first-order valence-corrected chi connectivity index (χ1v) is 11.7. The third-order valence-corrected chi connectivity index (χ3v) is 6.83. The van der Waals surface area contributed by atoms with Gasteiger partial charge in [0.15, 0.2) is 0 Å². The Hall–Kier alpha value is -2.45. The van der Waals surface area contributed by atoms with Crippen LogP contribution in [0.1, 0.15) is 25.3 Å². The van der Waals surface area contributed by atoms with Gasteiger partial charge in [0.25, 0.3) is 0 Å². The van der Waals surface area contributed by atoms with Crippen LogP contribution in [0.25, 0.3) is 0 Å². The predicted octanol–water partition coefficient (Wildman–Crippen LogP) is 2.84. The highest BCUT2D eigenvalue weighted by Gasteiger charge is 2.36. The molecule has 0 radical (unpaired) electrons. The summed E-state index contributed by atoms with van der Waals surface area (Å²) < 4.78 is 44.9. The van der Waals surface area contributed by atoms with Crippen molar-refractivity contribution in [3.63, 3.8) is 0 Å². The van der Waals surface area contributed by atoms with E-state index in [9.17, 15) is 17.6 Å². The summed E-state index contributed by atoms with van der Waals surface area (Å²) in [5, 5.41) is 2.93. The van der Waals surface area contributed by atoms with Gasteiger partial charge in [0.05, 0.1) is 11.9 Å². The van der Waals surface area contributed by atoms with Crippen LogP contribution < -0.4 is 9.62 Å². The number of anilines is 1. The minimum Gasteiger partial charge on any atom is -0.381 e. The van der Waals surface area contributed by atoms with Gasteiger partial charge in [0.1, 0.15) is 11.9 Å². The van der Waals surface area contributed by atoms with Crippen molar-refractivity contribution in [2.45, 2.75) is 31.2 Å². The smallest absolute Gasteiger partial charge is 0.243 e. The predicted molar refractivity (Wildman–Crippen MR) is 114 cm³/mol. The van der Waals surface area contributed by atoms with Gasteiger partial charge in [0, 0.05) is 25.2 Å². The van der Waals surface area contributed by atoms with E-state index in [0.29, 0.717) is 19.8 Å². The Kier molecular flexibility index (Phi) is 6.77. The lowest BCUT2D eigenvalue weighted by Crippen LogP contribution is -2.51. The van der Waals surface area contributed by atoms with Gasteiger partial charge in [-0.25, -0.2) is 12.8 Å². The molecule has 0 spiro atoms. The number of sulfonamides is 1. The molecule has 0 aliphatic carbocycles. The fourth-order valence-electron chi connectivity index (χ4n) is 3.95. The molecule has 1 aliphatic heterocycles. The van der Waals surface area contributed by atoms with Crippen molar-refractivity contribution in [3.8, 4) is 0 Å². The molecule has 0 unspecified atom stereocenters. The van der Waals surface area contributed by atoms with E-state index in [1.807, 2.05) is 30.3 Å². The number of benzene rings is 2. The number of halogens is 1. The number of rotatable bonds is 7. The number of nitrogens with one attached hydrogen (secondary N) is 1. The molecule has 2 aromatic carbocycles. The Morgan fingerprint density at radius 3 is 2.43 bits per heavy atom. The lowest BCUT2D eigenvalue weighted by molar-refractivity contribution is -0.122. The van der Waals surface area contributed by atoms with Crippen LogP contribution in [0.3, 0.4) is 0 Å². The molecule has 0 saturated carbocycles. The zero-order valence-electron chi connectivity index (χ0n) is 17.2. The van der Waals surface area contributed by atoms with Crippen molar-refractivity contribution in [1.82, 2.24) is 5.32 Å². The van der Waals surface area contributed by atoms with E-state index in [4.69, 9.17) is 4.74 Å². The third kappa shape index (κ3) is 4.99. The summed E-state index contributed by atoms with van der Waals surface area (Å²) >= 11 is 0. The van der Waals surface area contributed by atoms with Crippen molar-refractivity contribution in [2.24, 2.45) is 0 Å². The van der Waals surface area contributed by atoms with Gasteiger partial charge in [-0.3, -0.25) is 9.10 Å². The monoisotopic (exact) mass is 434 g/mol. The van der Waals surface area contributed by atoms with Gasteiger partial charge in [-0.1, -0.05) is 36.4 Å². The first kappa shape index (κ1) is 22.2. The molecule has 1 N–H and O–H groups in total. The summed E-state index contributed by atoms with van der Waals surface area (Å²) in [6.07, 6.45) is 2.52. The van der Waals surface area contributed by atoms with Gasteiger partial charge in [-0.15, -0.1) is 0 Å². The van der Waals surface area contributed by atoms with Crippen LogP contribution in [-0.4, -0.2) is 46.4 Å². The fraction of sp³-hybridized carbons (Fsp3) is 0.409. The van der Waals surface area contributed by atoms with E-state index in [1.165, 1.54) is 25.1 Å². The topological polar surface area (TPSA) is 75.7 Å². The zero-order chi connectivity index (χ0) is 21.8. The van der Waals surface area contributed by atoms with Gasteiger partial charge < -0.3 is 10.1 Å². The second kappa shape index (κ2) is 9.14. The average Bonchev–Trinajstić information content (AvgIpc) is 2.72. The minimum absolute atomic E-state index is 0.115. The largest absolute Gasteiger partial charge is 0.381 e. The van der Waals surface area contributed by atoms with Crippen molar-refractivity contribution in [2.75, 3.05) is 30.3 Å². The van der Waals surface area contributed by atoms with Gasteiger partial charge in [0.2, 0.25) is 15.9 Å². The molecule has 1 saturated heterocycles. The van der Waals surface area contributed by atoms with Crippen LogP contribution in [0.5, 0.6) is 0 Å². The Morgan fingerprint density at radius 1 is 1.17 bits per heavy atom. The quantitative estimate of drug-likeness (QED) is 0.727. The van der Waals surface area contributed by atoms with Crippen LogP contribution in [0, 0.1) is 5.82 Å². The van der Waals surface area contributed by atoms with E-state index >= 15 is 0 Å². The fourth-order valence-corrected chi connectivity index (χ4v) is 5.11. The molecule has 1 aliphatic rings. The SMILES string of the molecule is C[C@H](C(=O)NCC1(c2ccccc2)CCOCC1)N(c1cccc(F)c1)S(C)(=O)=O. The lowest BCUT2D eigenvalue weighted by atomic mass is 9.74. The molecule has 3 rings (SSSR count). The van der Waals surface area contributed by atoms with E-state index in [2.05, 4.69) is 5.32 Å². The van der Waals surface area contributed by atoms with Gasteiger partial charge in [-0.2, -0.15) is 0 Å². The molecular weight excluding hydrogens is 407 g/mol. The Morgan fingerprint density at radius 2 is 1.83 bits per heavy atom. The maximum absolute atomic E-state index is 13.7. The Bertz CT molecular complexity index is 976. The highest BCUT2D eigenvalue weighted by atomic mass is 32.2. The molecule has 0 aromatic heterocycles. The summed E-state index contributed by atoms with van der Waals surface area (Å²) in [6.45, 7) is 3.06. The lowest BCUT2D eigenvalue weighted by Gasteiger charge is -2.38. The second-order valence-corrected chi connectivity index (χ2v) is 9.55. The van der Waals surface area contributed by atoms with E-state index in [0.717, 1.165) is 35.0 Å². The van der Waals surface area contributed by atoms with Crippen LogP contribution in [-0.2, 0) is 25.0 Å². The van der Waals surface area contributed by atoms with Gasteiger partial charge >= 0.3 is 0 Å². The third-order valence-electron chi connectivity index (χ3n) is 5.59. The molecule has 1 amide bonds. The normalized spacial score (nSPS) is 17.2. The second-order valence-electron chi connectivity index (χ2n) is 7.69. The Balaban J connectivity index is 1.81. The highest BCUT2D eigenvalue weighted by Crippen LogP contribution is 2.34. The molecule has 162 valence electrons. The van der Waals surface area contributed by atoms with Crippen molar-refractivity contribution in [1.29, 1.82) is 0 Å². The van der Waals surface area contributed by atoms with E-state index in [-0.39, 0.29) is 11.1 Å². The number of hydrogen-bond donors (Lipinski definition) is 1. The van der Waals surface area contributed by atoms with Crippen LogP contribution >= 0.6 is 0 Å². The summed E-state index contributed by atoms with van der Waals surface area (Å²) in [7, 11) is -3.80. The minimum atomic E-state index is -3.80.